The number of aromatic nitrogens is 1. The van der Waals surface area contributed by atoms with Crippen LogP contribution in [0.2, 0.25) is 0 Å². The molecule has 0 saturated carbocycles. The molecule has 0 radical (unpaired) electrons. The highest BCUT2D eigenvalue weighted by Crippen LogP contribution is 2.28. The van der Waals surface area contributed by atoms with Crippen molar-refractivity contribution in [3.63, 3.8) is 0 Å². The first-order chi connectivity index (χ1) is 10.0. The van der Waals surface area contributed by atoms with Crippen molar-refractivity contribution in [1.29, 1.82) is 0 Å². The molecule has 1 saturated heterocycles. The molecule has 0 aliphatic carbocycles. The predicted octanol–water partition coefficient (Wildman–Crippen LogP) is -0.0685. The number of carbonyl (C=O) groups is 1. The molecule has 0 unspecified atom stereocenters. The molecule has 1 aromatic heterocycles. The maximum absolute atomic E-state index is 12.6. The summed E-state index contributed by atoms with van der Waals surface area (Å²) in [6, 6.07) is 0. The van der Waals surface area contributed by atoms with E-state index in [0.29, 0.717) is 23.8 Å². The normalized spacial score (nSPS) is 16.8. The number of nitrogen functional groups attached to an aromatic ring is 1. The number of anilines is 2. The Morgan fingerprint density at radius 3 is 2.76 bits per heavy atom. The Balaban J connectivity index is 2.06. The van der Waals surface area contributed by atoms with E-state index in [1.165, 1.54) is 11.3 Å². The molecule has 0 spiro atoms. The first kappa shape index (κ1) is 16.0. The van der Waals surface area contributed by atoms with E-state index in [2.05, 4.69) is 9.88 Å². The van der Waals surface area contributed by atoms with Crippen molar-refractivity contribution < 1.29 is 9.90 Å². The maximum atomic E-state index is 12.6. The minimum atomic E-state index is -0.0380. The highest BCUT2D eigenvalue weighted by molar-refractivity contribution is 7.18. The zero-order valence-electron chi connectivity index (χ0n) is 12.6. The second-order valence-electron chi connectivity index (χ2n) is 5.32. The fraction of sp³-hybridized carbons (Fsp3) is 0.692. The number of aliphatic hydroxyl groups excluding tert-OH is 1. The Bertz CT molecular complexity index is 491. The molecule has 1 aliphatic rings. The van der Waals surface area contributed by atoms with Crippen LogP contribution in [0.1, 0.15) is 16.1 Å². The lowest BCUT2D eigenvalue weighted by molar-refractivity contribution is 0.0766. The van der Waals surface area contributed by atoms with Crippen molar-refractivity contribution in [1.82, 2.24) is 14.8 Å². The highest BCUT2D eigenvalue weighted by Gasteiger charge is 2.24. The number of thiazole rings is 1. The number of β-amino-alcohol motifs (C(OH)–C–C–N with tert-alkyl or cyclic N) is 1. The van der Waals surface area contributed by atoms with Gasteiger partial charge in [-0.2, -0.15) is 0 Å². The smallest absolute Gasteiger partial charge is 0.267 e. The van der Waals surface area contributed by atoms with Crippen LogP contribution in [-0.2, 0) is 0 Å². The summed E-state index contributed by atoms with van der Waals surface area (Å²) in [5, 5.41) is 9.75. The number of aliphatic hydroxyl groups is 1. The van der Waals surface area contributed by atoms with Gasteiger partial charge in [0.1, 0.15) is 10.7 Å². The average molecular weight is 313 g/mol. The van der Waals surface area contributed by atoms with Gasteiger partial charge in [0.2, 0.25) is 0 Å². The van der Waals surface area contributed by atoms with Gasteiger partial charge >= 0.3 is 0 Å². The Hall–Kier alpha value is -1.38. The van der Waals surface area contributed by atoms with Gasteiger partial charge in [-0.1, -0.05) is 11.3 Å². The van der Waals surface area contributed by atoms with Crippen molar-refractivity contribution in [2.75, 3.05) is 64.1 Å². The van der Waals surface area contributed by atoms with Crippen LogP contribution in [0.25, 0.3) is 0 Å². The summed E-state index contributed by atoms with van der Waals surface area (Å²) in [4.78, 5) is 23.2. The molecule has 1 aromatic rings. The Labute approximate surface area is 129 Å². The third-order valence-corrected chi connectivity index (χ3v) is 4.74. The fourth-order valence-electron chi connectivity index (χ4n) is 2.35. The summed E-state index contributed by atoms with van der Waals surface area (Å²) in [7, 11) is 3.76. The van der Waals surface area contributed by atoms with Gasteiger partial charge < -0.3 is 20.6 Å². The maximum Gasteiger partial charge on any atom is 0.267 e. The second-order valence-corrected chi connectivity index (χ2v) is 6.29. The van der Waals surface area contributed by atoms with Gasteiger partial charge in [-0.25, -0.2) is 4.98 Å². The summed E-state index contributed by atoms with van der Waals surface area (Å²) < 4.78 is 0. The SMILES string of the molecule is CN(C)c1nc(N)c(C(=O)N2CCCN(CCO)CC2)s1. The fourth-order valence-corrected chi connectivity index (χ4v) is 3.22. The third-order valence-electron chi connectivity index (χ3n) is 3.51. The standard InChI is InChI=1S/C13H23N5O2S/c1-16(2)13-15-11(14)10(21-13)12(20)18-5-3-4-17(6-7-18)8-9-19/h19H,3-9,14H2,1-2H3. The molecule has 1 fully saturated rings. The number of nitrogens with zero attached hydrogens (tertiary/aromatic N) is 4. The summed E-state index contributed by atoms with van der Waals surface area (Å²) in [5.74, 6) is 0.272. The summed E-state index contributed by atoms with van der Waals surface area (Å²) >= 11 is 1.33. The van der Waals surface area contributed by atoms with Crippen LogP contribution in [-0.4, -0.2) is 79.2 Å². The molecule has 1 amide bonds. The number of hydrogen-bond donors (Lipinski definition) is 2. The minimum absolute atomic E-state index is 0.0380. The molecule has 0 aromatic carbocycles. The van der Waals surface area contributed by atoms with Crippen LogP contribution in [0, 0.1) is 0 Å². The third kappa shape index (κ3) is 3.84. The lowest BCUT2D eigenvalue weighted by atomic mass is 10.3. The quantitative estimate of drug-likeness (QED) is 0.809. The van der Waals surface area contributed by atoms with E-state index in [9.17, 15) is 4.79 Å². The Kier molecular flexibility index (Phi) is 5.38. The van der Waals surface area contributed by atoms with E-state index >= 15 is 0 Å². The van der Waals surface area contributed by atoms with Gasteiger partial charge in [0.25, 0.3) is 5.91 Å². The van der Waals surface area contributed by atoms with Gasteiger partial charge in [0.15, 0.2) is 5.13 Å². The van der Waals surface area contributed by atoms with Crippen LogP contribution in [0.5, 0.6) is 0 Å². The molecule has 21 heavy (non-hydrogen) atoms. The van der Waals surface area contributed by atoms with E-state index in [1.807, 2.05) is 23.9 Å². The first-order valence-electron chi connectivity index (χ1n) is 7.09. The zero-order valence-corrected chi connectivity index (χ0v) is 13.4. The number of hydrogen-bond acceptors (Lipinski definition) is 7. The molecule has 0 bridgehead atoms. The highest BCUT2D eigenvalue weighted by atomic mass is 32.1. The molecule has 2 rings (SSSR count). The lowest BCUT2D eigenvalue weighted by Gasteiger charge is -2.21. The van der Waals surface area contributed by atoms with Crippen LogP contribution >= 0.6 is 11.3 Å². The Morgan fingerprint density at radius 2 is 2.14 bits per heavy atom. The van der Waals surface area contributed by atoms with Gasteiger partial charge in [0, 0.05) is 40.3 Å². The largest absolute Gasteiger partial charge is 0.395 e. The first-order valence-corrected chi connectivity index (χ1v) is 7.90. The molecular weight excluding hydrogens is 290 g/mol. The number of amides is 1. The van der Waals surface area contributed by atoms with Gasteiger partial charge in [-0.3, -0.25) is 9.69 Å². The lowest BCUT2D eigenvalue weighted by Crippen LogP contribution is -2.35. The molecule has 2 heterocycles. The van der Waals surface area contributed by atoms with Crippen molar-refractivity contribution in [3.8, 4) is 0 Å². The van der Waals surface area contributed by atoms with Crippen molar-refractivity contribution in [2.24, 2.45) is 0 Å². The minimum Gasteiger partial charge on any atom is -0.395 e. The van der Waals surface area contributed by atoms with Crippen LogP contribution in [0.15, 0.2) is 0 Å². The summed E-state index contributed by atoms with van der Waals surface area (Å²) in [5.41, 5.74) is 5.88. The molecule has 0 atom stereocenters. The topological polar surface area (TPSA) is 85.9 Å². The monoisotopic (exact) mass is 313 g/mol. The zero-order chi connectivity index (χ0) is 15.4. The van der Waals surface area contributed by atoms with E-state index in [0.717, 1.165) is 31.2 Å². The van der Waals surface area contributed by atoms with Gasteiger partial charge in [0.05, 0.1) is 6.61 Å². The molecule has 7 nitrogen and oxygen atoms in total. The van der Waals surface area contributed by atoms with Crippen molar-refractivity contribution >= 4 is 28.2 Å². The van der Waals surface area contributed by atoms with Crippen LogP contribution in [0.4, 0.5) is 10.9 Å². The predicted molar refractivity (Wildman–Crippen MR) is 84.9 cm³/mol. The van der Waals surface area contributed by atoms with Gasteiger partial charge in [-0.05, 0) is 13.0 Å². The van der Waals surface area contributed by atoms with E-state index in [-0.39, 0.29) is 12.5 Å². The number of carbonyl (C=O) groups excluding carboxylic acids is 1. The summed E-state index contributed by atoms with van der Waals surface area (Å²) in [6.07, 6.45) is 0.908. The van der Waals surface area contributed by atoms with Crippen LogP contribution < -0.4 is 10.6 Å². The van der Waals surface area contributed by atoms with E-state index in [1.54, 1.807) is 0 Å². The Morgan fingerprint density at radius 1 is 1.38 bits per heavy atom. The molecule has 8 heteroatoms. The van der Waals surface area contributed by atoms with Crippen LogP contribution in [0.3, 0.4) is 0 Å². The number of nitrogens with two attached hydrogens (primary N) is 1. The van der Waals surface area contributed by atoms with E-state index in [4.69, 9.17) is 10.8 Å². The van der Waals surface area contributed by atoms with Crippen molar-refractivity contribution in [2.45, 2.75) is 6.42 Å². The van der Waals surface area contributed by atoms with Gasteiger partial charge in [-0.15, -0.1) is 0 Å². The molecule has 3 N–H and O–H groups in total. The molecular formula is C13H23N5O2S. The van der Waals surface area contributed by atoms with Crippen molar-refractivity contribution in [3.05, 3.63) is 4.88 Å². The van der Waals surface area contributed by atoms with E-state index < -0.39 is 0 Å². The summed E-state index contributed by atoms with van der Waals surface area (Å²) in [6.45, 7) is 3.89. The molecule has 118 valence electrons. The molecule has 1 aliphatic heterocycles. The second kappa shape index (κ2) is 7.06. The number of rotatable bonds is 4. The average Bonchev–Trinajstić information content (AvgIpc) is 2.68.